The first kappa shape index (κ1) is 14.4. The fourth-order valence-electron chi connectivity index (χ4n) is 1.75. The summed E-state index contributed by atoms with van der Waals surface area (Å²) in [5, 5.41) is 9.48. The van der Waals surface area contributed by atoms with Crippen molar-refractivity contribution in [2.75, 3.05) is 31.0 Å². The van der Waals surface area contributed by atoms with Crippen LogP contribution in [0.4, 0.5) is 0 Å². The van der Waals surface area contributed by atoms with Gasteiger partial charge in [-0.3, -0.25) is 0 Å². The highest BCUT2D eigenvalue weighted by Gasteiger charge is 2.26. The summed E-state index contributed by atoms with van der Waals surface area (Å²) in [5.74, 6) is 4.13. The Labute approximate surface area is 121 Å². The van der Waals surface area contributed by atoms with E-state index in [-0.39, 0.29) is 6.61 Å². The van der Waals surface area contributed by atoms with E-state index in [1.807, 2.05) is 47.4 Å². The highest BCUT2D eigenvalue weighted by atomic mass is 32.2. The molecule has 0 amide bonds. The maximum Gasteiger partial charge on any atom is 0.118 e. The lowest BCUT2D eigenvalue weighted by molar-refractivity contribution is 0.322. The first-order chi connectivity index (χ1) is 8.83. The summed E-state index contributed by atoms with van der Waals surface area (Å²) in [6, 6.07) is 8.38. The average Bonchev–Trinajstić information content (AvgIpc) is 2.88. The molecule has 1 heterocycles. The van der Waals surface area contributed by atoms with Gasteiger partial charge in [-0.25, -0.2) is 0 Å². The Morgan fingerprint density at radius 1 is 1.39 bits per heavy atom. The quantitative estimate of drug-likeness (QED) is 0.815. The van der Waals surface area contributed by atoms with Crippen LogP contribution in [0.5, 0.6) is 5.75 Å². The Morgan fingerprint density at radius 2 is 2.17 bits per heavy atom. The molecule has 5 heteroatoms. The van der Waals surface area contributed by atoms with Gasteiger partial charge in [0, 0.05) is 22.5 Å². The molecule has 1 saturated heterocycles. The Hall–Kier alpha value is 0.0300. The molecule has 100 valence electrons. The molecule has 1 aliphatic rings. The third-order valence-electron chi connectivity index (χ3n) is 2.68. The van der Waals surface area contributed by atoms with Gasteiger partial charge in [0.15, 0.2) is 0 Å². The Morgan fingerprint density at radius 3 is 2.83 bits per heavy atom. The fourth-order valence-corrected chi connectivity index (χ4v) is 6.27. The molecule has 0 spiro atoms. The molecule has 1 N–H and O–H groups in total. The van der Waals surface area contributed by atoms with E-state index in [0.717, 1.165) is 17.3 Å². The number of ether oxygens (including phenoxy) is 1. The number of aliphatic hydroxyl groups is 1. The normalized spacial score (nSPS) is 23.2. The van der Waals surface area contributed by atoms with Crippen LogP contribution in [0.2, 0.25) is 0 Å². The minimum Gasteiger partial charge on any atom is -0.497 e. The van der Waals surface area contributed by atoms with Gasteiger partial charge in [0.25, 0.3) is 0 Å². The maximum absolute atomic E-state index is 8.77. The minimum atomic E-state index is 0.289. The maximum atomic E-state index is 8.77. The first-order valence-electron chi connectivity index (χ1n) is 5.93. The second kappa shape index (κ2) is 7.58. The topological polar surface area (TPSA) is 29.5 Å². The first-order valence-corrected chi connectivity index (χ1v) is 9.07. The van der Waals surface area contributed by atoms with Crippen molar-refractivity contribution in [3.8, 4) is 5.75 Å². The van der Waals surface area contributed by atoms with E-state index in [4.69, 9.17) is 9.84 Å². The molecule has 0 saturated carbocycles. The number of methoxy groups -OCH3 is 1. The van der Waals surface area contributed by atoms with Gasteiger partial charge < -0.3 is 9.84 Å². The van der Waals surface area contributed by atoms with Crippen molar-refractivity contribution < 1.29 is 9.84 Å². The molecule has 2 atom stereocenters. The van der Waals surface area contributed by atoms with Crippen molar-refractivity contribution in [2.45, 2.75) is 9.83 Å². The Kier molecular flexibility index (Phi) is 6.08. The van der Waals surface area contributed by atoms with E-state index in [2.05, 4.69) is 12.1 Å². The zero-order valence-electron chi connectivity index (χ0n) is 10.4. The van der Waals surface area contributed by atoms with E-state index in [0.29, 0.717) is 9.83 Å². The second-order valence-electron chi connectivity index (χ2n) is 4.00. The van der Waals surface area contributed by atoms with Crippen molar-refractivity contribution in [1.82, 2.24) is 0 Å². The standard InChI is InChI=1S/C13H18O2S3/c1-15-11-4-2-10(3-5-11)13-17-9-12(18-13)8-16-7-6-14/h2-5,12-14H,6-9H2,1H3. The van der Waals surface area contributed by atoms with Crippen LogP contribution in [0.15, 0.2) is 24.3 Å². The lowest BCUT2D eigenvalue weighted by atomic mass is 10.2. The molecule has 1 fully saturated rings. The van der Waals surface area contributed by atoms with Crippen molar-refractivity contribution in [1.29, 1.82) is 0 Å². The molecule has 1 aliphatic heterocycles. The average molecular weight is 302 g/mol. The largest absolute Gasteiger partial charge is 0.497 e. The molecule has 2 unspecified atom stereocenters. The van der Waals surface area contributed by atoms with E-state index >= 15 is 0 Å². The lowest BCUT2D eigenvalue weighted by Gasteiger charge is -2.11. The van der Waals surface area contributed by atoms with E-state index in [9.17, 15) is 0 Å². The summed E-state index contributed by atoms with van der Waals surface area (Å²) in [7, 11) is 1.70. The van der Waals surface area contributed by atoms with Gasteiger partial charge >= 0.3 is 0 Å². The Balaban J connectivity index is 1.83. The monoisotopic (exact) mass is 302 g/mol. The summed E-state index contributed by atoms with van der Waals surface area (Å²) in [5.41, 5.74) is 1.38. The van der Waals surface area contributed by atoms with E-state index in [1.54, 1.807) is 7.11 Å². The molecular weight excluding hydrogens is 284 g/mol. The van der Waals surface area contributed by atoms with Gasteiger partial charge in [-0.2, -0.15) is 11.8 Å². The lowest BCUT2D eigenvalue weighted by Crippen LogP contribution is -2.05. The molecule has 0 bridgehead atoms. The molecule has 1 aromatic rings. The highest BCUT2D eigenvalue weighted by molar-refractivity contribution is 8.20. The SMILES string of the molecule is COc1ccc(C2SCC(CSCCO)S2)cc1. The molecule has 2 nitrogen and oxygen atoms in total. The predicted octanol–water partition coefficient (Wildman–Crippen LogP) is 3.27. The van der Waals surface area contributed by atoms with Crippen molar-refractivity contribution in [3.63, 3.8) is 0 Å². The molecule has 0 aliphatic carbocycles. The van der Waals surface area contributed by atoms with Crippen LogP contribution in [-0.2, 0) is 0 Å². The Bertz CT molecular complexity index is 356. The summed E-state index contributed by atoms with van der Waals surface area (Å²) < 4.78 is 5.73. The fraction of sp³-hybridized carbons (Fsp3) is 0.538. The summed E-state index contributed by atoms with van der Waals surface area (Å²) in [4.78, 5) is 0. The highest BCUT2D eigenvalue weighted by Crippen LogP contribution is 2.50. The molecule has 0 aromatic heterocycles. The van der Waals surface area contributed by atoms with Gasteiger partial charge in [0.2, 0.25) is 0 Å². The van der Waals surface area contributed by atoms with E-state index < -0.39 is 0 Å². The predicted molar refractivity (Wildman–Crippen MR) is 84.0 cm³/mol. The third kappa shape index (κ3) is 4.02. The molecular formula is C13H18O2S3. The van der Waals surface area contributed by atoms with Crippen molar-refractivity contribution in [2.24, 2.45) is 0 Å². The van der Waals surface area contributed by atoms with E-state index in [1.165, 1.54) is 11.3 Å². The van der Waals surface area contributed by atoms with Gasteiger partial charge in [-0.1, -0.05) is 12.1 Å². The molecule has 0 radical (unpaired) electrons. The zero-order valence-corrected chi connectivity index (χ0v) is 12.8. The third-order valence-corrected chi connectivity index (χ3v) is 7.36. The summed E-state index contributed by atoms with van der Waals surface area (Å²) in [6.07, 6.45) is 0. The number of hydrogen-bond acceptors (Lipinski definition) is 5. The number of benzene rings is 1. The van der Waals surface area contributed by atoms with Gasteiger partial charge in [0.05, 0.1) is 18.3 Å². The zero-order chi connectivity index (χ0) is 12.8. The van der Waals surface area contributed by atoms with Crippen LogP contribution in [-0.4, -0.2) is 41.3 Å². The smallest absolute Gasteiger partial charge is 0.118 e. The van der Waals surface area contributed by atoms with Crippen LogP contribution in [0.25, 0.3) is 0 Å². The van der Waals surface area contributed by atoms with Gasteiger partial charge in [0.1, 0.15) is 5.75 Å². The van der Waals surface area contributed by atoms with Crippen molar-refractivity contribution in [3.05, 3.63) is 29.8 Å². The summed E-state index contributed by atoms with van der Waals surface area (Å²) >= 11 is 5.92. The van der Waals surface area contributed by atoms with Gasteiger partial charge in [-0.15, -0.1) is 23.5 Å². The van der Waals surface area contributed by atoms with Crippen LogP contribution >= 0.6 is 35.3 Å². The van der Waals surface area contributed by atoms with Crippen LogP contribution in [0.1, 0.15) is 10.1 Å². The number of rotatable bonds is 6. The van der Waals surface area contributed by atoms with Gasteiger partial charge in [-0.05, 0) is 17.7 Å². The van der Waals surface area contributed by atoms with Crippen LogP contribution in [0, 0.1) is 0 Å². The number of hydrogen-bond donors (Lipinski definition) is 1. The number of thioether (sulfide) groups is 3. The molecule has 18 heavy (non-hydrogen) atoms. The minimum absolute atomic E-state index is 0.289. The molecule has 1 aromatic carbocycles. The van der Waals surface area contributed by atoms with Crippen molar-refractivity contribution >= 4 is 35.3 Å². The van der Waals surface area contributed by atoms with Crippen LogP contribution in [0.3, 0.4) is 0 Å². The molecule has 2 rings (SSSR count). The second-order valence-corrected chi connectivity index (χ2v) is 7.99. The number of aliphatic hydroxyl groups excluding tert-OH is 1. The van der Waals surface area contributed by atoms with Crippen LogP contribution < -0.4 is 4.74 Å². The summed E-state index contributed by atoms with van der Waals surface area (Å²) in [6.45, 7) is 0.289.